The number of aliphatic hydroxyl groups is 1. The van der Waals surface area contributed by atoms with E-state index in [1.807, 2.05) is 0 Å². The number of hydrogen-bond donors (Lipinski definition) is 1. The predicted molar refractivity (Wildman–Crippen MR) is 233 cm³/mol. The molecule has 5 aromatic rings. The Morgan fingerprint density at radius 3 is 1.45 bits per heavy atom. The summed E-state index contributed by atoms with van der Waals surface area (Å²) >= 11 is 0. The van der Waals surface area contributed by atoms with Gasteiger partial charge in [0.25, 0.3) is 0 Å². The molecule has 0 heterocycles. The first kappa shape index (κ1) is 47.5. The maximum absolute atomic E-state index is 13.0. The molecule has 64 heavy (non-hydrogen) atoms. The Morgan fingerprint density at radius 2 is 0.953 bits per heavy atom. The Hall–Kier alpha value is -7.55. The molecule has 0 radical (unpaired) electrons. The molecule has 0 aliphatic carbocycles. The number of carbonyl (C=O) groups is 5. The van der Waals surface area contributed by atoms with Crippen LogP contribution >= 0.6 is 0 Å². The second-order valence-corrected chi connectivity index (χ2v) is 13.9. The highest BCUT2D eigenvalue weighted by atomic mass is 16.6. The molecule has 14 nitrogen and oxygen atoms in total. The molecule has 5 aromatic carbocycles. The van der Waals surface area contributed by atoms with Gasteiger partial charge in [0.1, 0.15) is 28.7 Å². The molecule has 332 valence electrons. The van der Waals surface area contributed by atoms with E-state index in [2.05, 4.69) is 13.2 Å². The third kappa shape index (κ3) is 15.4. The molecular weight excluding hydrogens is 825 g/mol. The number of hydrogen-bond acceptors (Lipinski definition) is 14. The van der Waals surface area contributed by atoms with Crippen LogP contribution in [0.4, 0.5) is 0 Å². The highest BCUT2D eigenvalue weighted by Gasteiger charge is 2.16. The largest absolute Gasteiger partial charge is 0.494 e. The van der Waals surface area contributed by atoms with Gasteiger partial charge < -0.3 is 43.0 Å². The van der Waals surface area contributed by atoms with E-state index in [1.54, 1.807) is 85.8 Å². The molecule has 1 atom stereocenters. The van der Waals surface area contributed by atoms with Crippen molar-refractivity contribution in [2.45, 2.75) is 45.5 Å². The maximum atomic E-state index is 13.0. The van der Waals surface area contributed by atoms with Crippen LogP contribution in [0.3, 0.4) is 0 Å². The van der Waals surface area contributed by atoms with Gasteiger partial charge in [0.15, 0.2) is 6.29 Å². The van der Waals surface area contributed by atoms with E-state index in [4.69, 9.17) is 37.9 Å². The summed E-state index contributed by atoms with van der Waals surface area (Å²) in [6.45, 7) is 9.91. The summed E-state index contributed by atoms with van der Waals surface area (Å²) in [4.78, 5) is 60.7. The molecular formula is C50H48O14. The summed E-state index contributed by atoms with van der Waals surface area (Å²) in [5, 5.41) is 10.5. The number of benzene rings is 5. The van der Waals surface area contributed by atoms with Crippen LogP contribution in [0.5, 0.6) is 28.7 Å². The number of unbranched alkanes of at least 4 members (excludes halogenated alkanes) is 2. The second kappa shape index (κ2) is 24.8. The fraction of sp³-hybridized carbons (Fsp3) is 0.220. The highest BCUT2D eigenvalue weighted by Crippen LogP contribution is 2.26. The molecule has 0 saturated heterocycles. The van der Waals surface area contributed by atoms with Gasteiger partial charge in [-0.3, -0.25) is 0 Å². The van der Waals surface area contributed by atoms with Crippen molar-refractivity contribution in [3.05, 3.63) is 174 Å². The van der Waals surface area contributed by atoms with Crippen LogP contribution in [-0.2, 0) is 30.4 Å². The van der Waals surface area contributed by atoms with Crippen LogP contribution in [0.25, 0.3) is 0 Å². The third-order valence-electron chi connectivity index (χ3n) is 9.15. The van der Waals surface area contributed by atoms with Crippen LogP contribution in [0.2, 0.25) is 0 Å². The smallest absolute Gasteiger partial charge is 0.343 e. The molecule has 14 heteroatoms. The molecule has 0 bridgehead atoms. The zero-order valence-electron chi connectivity index (χ0n) is 35.2. The molecule has 0 aliphatic rings. The fourth-order valence-electron chi connectivity index (χ4n) is 5.63. The van der Waals surface area contributed by atoms with Crippen molar-refractivity contribution in [2.24, 2.45) is 0 Å². The number of ether oxygens (including phenoxy) is 8. The first-order valence-corrected chi connectivity index (χ1v) is 20.3. The van der Waals surface area contributed by atoms with Crippen LogP contribution < -0.4 is 23.7 Å². The number of rotatable bonds is 24. The van der Waals surface area contributed by atoms with Gasteiger partial charge in [0.05, 0.1) is 49.7 Å². The minimum atomic E-state index is -1.19. The van der Waals surface area contributed by atoms with E-state index in [-0.39, 0.29) is 41.6 Å². The predicted octanol–water partition coefficient (Wildman–Crippen LogP) is 8.64. The molecule has 0 aromatic heterocycles. The second-order valence-electron chi connectivity index (χ2n) is 13.9. The van der Waals surface area contributed by atoms with Crippen molar-refractivity contribution in [1.29, 1.82) is 0 Å². The minimum absolute atomic E-state index is 0.0805. The van der Waals surface area contributed by atoms with Crippen molar-refractivity contribution < 1.29 is 67.0 Å². The van der Waals surface area contributed by atoms with Crippen molar-refractivity contribution in [2.75, 3.05) is 26.4 Å². The third-order valence-corrected chi connectivity index (χ3v) is 9.15. The molecule has 0 aliphatic heterocycles. The Morgan fingerprint density at radius 1 is 0.531 bits per heavy atom. The Balaban J connectivity index is 1.01. The van der Waals surface area contributed by atoms with Gasteiger partial charge in [-0.05, 0) is 135 Å². The van der Waals surface area contributed by atoms with E-state index in [0.717, 1.165) is 17.7 Å². The van der Waals surface area contributed by atoms with E-state index in [0.29, 0.717) is 73.7 Å². The minimum Gasteiger partial charge on any atom is -0.494 e. The number of carbonyl (C=O) groups excluding carboxylic acids is 5. The van der Waals surface area contributed by atoms with Crippen molar-refractivity contribution in [1.82, 2.24) is 0 Å². The lowest BCUT2D eigenvalue weighted by Gasteiger charge is -2.14. The van der Waals surface area contributed by atoms with Gasteiger partial charge in [-0.15, -0.1) is 0 Å². The SMILES string of the molecule is C=CC(=O)OCCCCOc1ccc(C(=O)Oc2ccc(C(=O)Oc3ccc(OC(=O)c4ccc(COC(O)c5ccc(OCCCCOC(=O)C=C)cc5)cc4)cc3C)cc2)cc1. The van der Waals surface area contributed by atoms with Crippen LogP contribution in [0.15, 0.2) is 141 Å². The molecule has 5 rings (SSSR count). The average Bonchev–Trinajstić information content (AvgIpc) is 3.31. The van der Waals surface area contributed by atoms with Gasteiger partial charge in [-0.2, -0.15) is 0 Å². The molecule has 1 unspecified atom stereocenters. The molecule has 0 fully saturated rings. The Kier molecular flexibility index (Phi) is 18.4. The standard InChI is InChI=1S/C50H48O14/c1-4-45(51)59-30-8-6-28-57-40-20-14-36(15-21-40)47(53)61-33-35-10-12-37(13-11-35)49(55)63-43-26-27-44(34(3)32-43)64-50(56)39-18-24-42(25-19-39)62-48(54)38-16-22-41(23-17-38)58-29-7-9-31-60-46(52)5-2/h4-5,10-27,32,47,53H,1-2,6-9,28-31,33H2,3H3. The average molecular weight is 873 g/mol. The monoisotopic (exact) mass is 872 g/mol. The van der Waals surface area contributed by atoms with Crippen LogP contribution in [0.1, 0.15) is 79.7 Å². The Labute approximate surface area is 370 Å². The number of esters is 5. The van der Waals surface area contributed by atoms with Crippen molar-refractivity contribution in [3.8, 4) is 28.7 Å². The zero-order chi connectivity index (χ0) is 45.7. The van der Waals surface area contributed by atoms with E-state index < -0.39 is 36.1 Å². The lowest BCUT2D eigenvalue weighted by molar-refractivity contribution is -0.138. The lowest BCUT2D eigenvalue weighted by atomic mass is 10.1. The highest BCUT2D eigenvalue weighted by molar-refractivity contribution is 5.93. The van der Waals surface area contributed by atoms with E-state index in [9.17, 15) is 29.1 Å². The maximum Gasteiger partial charge on any atom is 0.343 e. The first-order valence-electron chi connectivity index (χ1n) is 20.3. The van der Waals surface area contributed by atoms with Crippen LogP contribution in [0, 0.1) is 6.92 Å². The van der Waals surface area contributed by atoms with Crippen LogP contribution in [-0.4, -0.2) is 61.4 Å². The lowest BCUT2D eigenvalue weighted by Crippen LogP contribution is -2.11. The number of aliphatic hydroxyl groups excluding tert-OH is 1. The quantitative estimate of drug-likeness (QED) is 0.0205. The van der Waals surface area contributed by atoms with Crippen molar-refractivity contribution >= 4 is 29.8 Å². The summed E-state index contributed by atoms with van der Waals surface area (Å²) < 4.78 is 43.4. The molecule has 1 N–H and O–H groups in total. The summed E-state index contributed by atoms with van der Waals surface area (Å²) in [5.41, 5.74) is 2.61. The number of aryl methyl sites for hydroxylation is 1. The fourth-order valence-corrected chi connectivity index (χ4v) is 5.63. The topological polar surface area (TPSA) is 179 Å². The first-order chi connectivity index (χ1) is 31.0. The summed E-state index contributed by atoms with van der Waals surface area (Å²) in [6, 6.07) is 30.4. The summed E-state index contributed by atoms with van der Waals surface area (Å²) in [5.74, 6) is -0.828. The van der Waals surface area contributed by atoms with Gasteiger partial charge in [0, 0.05) is 17.7 Å². The van der Waals surface area contributed by atoms with Gasteiger partial charge in [-0.25, -0.2) is 24.0 Å². The summed E-state index contributed by atoms with van der Waals surface area (Å²) in [6.07, 6.45) is 3.71. The van der Waals surface area contributed by atoms with E-state index in [1.165, 1.54) is 36.4 Å². The van der Waals surface area contributed by atoms with Gasteiger partial charge in [0.2, 0.25) is 0 Å². The Bertz CT molecular complexity index is 2350. The normalized spacial score (nSPS) is 11.0. The molecule has 0 amide bonds. The van der Waals surface area contributed by atoms with Crippen molar-refractivity contribution in [3.63, 3.8) is 0 Å². The zero-order valence-corrected chi connectivity index (χ0v) is 35.2. The molecule has 0 spiro atoms. The van der Waals surface area contributed by atoms with Gasteiger partial charge >= 0.3 is 29.8 Å². The van der Waals surface area contributed by atoms with Gasteiger partial charge in [-0.1, -0.05) is 37.4 Å². The summed E-state index contributed by atoms with van der Waals surface area (Å²) in [7, 11) is 0. The molecule has 0 saturated carbocycles. The van der Waals surface area contributed by atoms with E-state index >= 15 is 0 Å².